The molecule has 18 heavy (non-hydrogen) atoms. The molecule has 0 aliphatic carbocycles. The molecule has 1 N–H and O–H groups in total. The van der Waals surface area contributed by atoms with Crippen LogP contribution in [0.1, 0.15) is 6.92 Å². The second-order valence-corrected chi connectivity index (χ2v) is 7.09. The summed E-state index contributed by atoms with van der Waals surface area (Å²) >= 11 is 0. The highest BCUT2D eigenvalue weighted by Crippen LogP contribution is 2.52. The molecule has 1 heterocycles. The molecule has 90 valence electrons. The zero-order chi connectivity index (χ0) is 12.8. The fraction of sp³-hybridized carbons (Fsp3) is 0.0714. The van der Waals surface area contributed by atoms with Gasteiger partial charge in [-0.05, 0) is 31.2 Å². The van der Waals surface area contributed by atoms with Gasteiger partial charge >= 0.3 is 0 Å². The van der Waals surface area contributed by atoms with Crippen molar-refractivity contribution in [3.8, 4) is 11.5 Å². The molecule has 0 bridgehead atoms. The highest BCUT2D eigenvalue weighted by atomic mass is 31.2. The lowest BCUT2D eigenvalue weighted by Gasteiger charge is -2.27. The van der Waals surface area contributed by atoms with E-state index < -0.39 is 7.14 Å². The van der Waals surface area contributed by atoms with Crippen molar-refractivity contribution >= 4 is 23.2 Å². The molecule has 0 aromatic heterocycles. The van der Waals surface area contributed by atoms with Crippen molar-refractivity contribution < 1.29 is 9.30 Å². The SMILES string of the molecule is CC(=N)P1(=O)c2ccccc2Oc2ccccc21. The van der Waals surface area contributed by atoms with Gasteiger partial charge in [-0.3, -0.25) is 0 Å². The number of para-hydroxylation sites is 2. The zero-order valence-electron chi connectivity index (χ0n) is 9.88. The van der Waals surface area contributed by atoms with Crippen molar-refractivity contribution in [3.05, 3.63) is 48.5 Å². The highest BCUT2D eigenvalue weighted by molar-refractivity contribution is 7.93. The number of nitrogens with one attached hydrogen (secondary N) is 1. The van der Waals surface area contributed by atoms with Crippen molar-refractivity contribution in [3.63, 3.8) is 0 Å². The second-order valence-electron chi connectivity index (χ2n) is 4.23. The number of hydrogen-bond donors (Lipinski definition) is 1. The molecule has 0 fully saturated rings. The van der Waals surface area contributed by atoms with Gasteiger partial charge in [-0.1, -0.05) is 24.3 Å². The molecular formula is C14H12NO2P. The molecule has 3 rings (SSSR count). The summed E-state index contributed by atoms with van der Waals surface area (Å²) in [5.41, 5.74) is 0.186. The van der Waals surface area contributed by atoms with Gasteiger partial charge in [0.15, 0.2) is 7.14 Å². The molecule has 0 radical (unpaired) electrons. The van der Waals surface area contributed by atoms with Crippen molar-refractivity contribution in [1.82, 2.24) is 0 Å². The monoisotopic (exact) mass is 257 g/mol. The van der Waals surface area contributed by atoms with Crippen LogP contribution < -0.4 is 15.3 Å². The molecule has 2 aromatic rings. The number of rotatable bonds is 1. The largest absolute Gasteiger partial charge is 0.456 e. The van der Waals surface area contributed by atoms with E-state index in [1.807, 2.05) is 24.3 Å². The first-order chi connectivity index (χ1) is 8.64. The standard InChI is InChI=1S/C14H12NO2P/c1-10(15)18(16)13-8-4-2-6-11(13)17-12-7-3-5-9-14(12)18/h2-9,15H,1H3. The van der Waals surface area contributed by atoms with Gasteiger partial charge in [0.1, 0.15) is 11.5 Å². The summed E-state index contributed by atoms with van der Waals surface area (Å²) in [5, 5.41) is 9.17. The first kappa shape index (κ1) is 11.2. The van der Waals surface area contributed by atoms with Gasteiger partial charge in [0.25, 0.3) is 0 Å². The van der Waals surface area contributed by atoms with Gasteiger partial charge in [-0.2, -0.15) is 0 Å². The Hall–Kier alpha value is -1.86. The van der Waals surface area contributed by atoms with Gasteiger partial charge in [-0.25, -0.2) is 0 Å². The fourth-order valence-corrected chi connectivity index (χ4v) is 4.65. The van der Waals surface area contributed by atoms with E-state index in [0.29, 0.717) is 22.1 Å². The third-order valence-corrected chi connectivity index (χ3v) is 6.14. The minimum atomic E-state index is -3.01. The van der Waals surface area contributed by atoms with Crippen molar-refractivity contribution in [2.75, 3.05) is 0 Å². The molecule has 0 atom stereocenters. The fourth-order valence-electron chi connectivity index (χ4n) is 2.22. The zero-order valence-corrected chi connectivity index (χ0v) is 10.8. The van der Waals surface area contributed by atoms with Crippen LogP contribution in [0, 0.1) is 5.41 Å². The number of fused-ring (bicyclic) bond motifs is 2. The van der Waals surface area contributed by atoms with Crippen LogP contribution in [0.4, 0.5) is 0 Å². The summed E-state index contributed by atoms with van der Waals surface area (Å²) in [6.07, 6.45) is 0. The second kappa shape index (κ2) is 3.82. The number of benzene rings is 2. The van der Waals surface area contributed by atoms with E-state index in [2.05, 4.69) is 0 Å². The predicted octanol–water partition coefficient (Wildman–Crippen LogP) is 3.10. The Morgan fingerprint density at radius 3 is 1.89 bits per heavy atom. The van der Waals surface area contributed by atoms with Crippen LogP contribution in [-0.2, 0) is 4.57 Å². The molecule has 0 spiro atoms. The van der Waals surface area contributed by atoms with Gasteiger partial charge in [-0.15, -0.1) is 0 Å². The maximum atomic E-state index is 13.3. The Kier molecular flexibility index (Phi) is 2.39. The quantitative estimate of drug-likeness (QED) is 0.630. The summed E-state index contributed by atoms with van der Waals surface area (Å²) in [5.74, 6) is 1.18. The summed E-state index contributed by atoms with van der Waals surface area (Å²) in [6.45, 7) is 1.60. The number of hydrogen-bond acceptors (Lipinski definition) is 3. The van der Waals surface area contributed by atoms with E-state index in [1.165, 1.54) is 0 Å². The number of ether oxygens (including phenoxy) is 1. The Morgan fingerprint density at radius 1 is 1.00 bits per heavy atom. The lowest BCUT2D eigenvalue weighted by molar-refractivity contribution is 0.485. The Morgan fingerprint density at radius 2 is 1.44 bits per heavy atom. The topological polar surface area (TPSA) is 50.2 Å². The van der Waals surface area contributed by atoms with Gasteiger partial charge in [0, 0.05) is 0 Å². The Labute approximate surface area is 105 Å². The molecule has 0 unspecified atom stereocenters. The molecule has 0 saturated carbocycles. The van der Waals surface area contributed by atoms with E-state index in [0.717, 1.165) is 0 Å². The minimum absolute atomic E-state index is 0.186. The third kappa shape index (κ3) is 1.37. The molecule has 1 aliphatic rings. The molecule has 0 saturated heterocycles. The maximum Gasteiger partial charge on any atom is 0.190 e. The Bertz CT molecular complexity index is 644. The van der Waals surface area contributed by atoms with Gasteiger partial charge in [0.2, 0.25) is 0 Å². The van der Waals surface area contributed by atoms with E-state index in [-0.39, 0.29) is 5.45 Å². The van der Waals surface area contributed by atoms with Crippen LogP contribution >= 0.6 is 7.14 Å². The third-order valence-electron chi connectivity index (χ3n) is 3.10. The van der Waals surface area contributed by atoms with Crippen molar-refractivity contribution in [2.24, 2.45) is 0 Å². The molecular weight excluding hydrogens is 245 g/mol. The van der Waals surface area contributed by atoms with Crippen molar-refractivity contribution in [2.45, 2.75) is 6.92 Å². The van der Waals surface area contributed by atoms with Crippen LogP contribution in [0.25, 0.3) is 0 Å². The predicted molar refractivity (Wildman–Crippen MR) is 73.2 cm³/mol. The Balaban J connectivity index is 2.38. The van der Waals surface area contributed by atoms with E-state index in [1.54, 1.807) is 31.2 Å². The van der Waals surface area contributed by atoms with Crippen molar-refractivity contribution in [1.29, 1.82) is 5.41 Å². The summed E-state index contributed by atoms with van der Waals surface area (Å²) in [4.78, 5) is 0. The minimum Gasteiger partial charge on any atom is -0.456 e. The molecule has 0 amide bonds. The average Bonchev–Trinajstić information content (AvgIpc) is 2.39. The summed E-state index contributed by atoms with van der Waals surface area (Å²) < 4.78 is 19.0. The first-order valence-corrected chi connectivity index (χ1v) is 7.37. The smallest absolute Gasteiger partial charge is 0.190 e. The molecule has 4 heteroatoms. The van der Waals surface area contributed by atoms with Crippen LogP contribution in [-0.4, -0.2) is 5.45 Å². The van der Waals surface area contributed by atoms with Crippen LogP contribution in [0.5, 0.6) is 11.5 Å². The summed E-state index contributed by atoms with van der Waals surface area (Å²) in [6, 6.07) is 14.5. The van der Waals surface area contributed by atoms with Crippen LogP contribution in [0.15, 0.2) is 48.5 Å². The van der Waals surface area contributed by atoms with Gasteiger partial charge < -0.3 is 14.7 Å². The van der Waals surface area contributed by atoms with Gasteiger partial charge in [0.05, 0.1) is 16.1 Å². The summed E-state index contributed by atoms with van der Waals surface area (Å²) in [7, 11) is -3.01. The van der Waals surface area contributed by atoms with Crippen LogP contribution in [0.3, 0.4) is 0 Å². The average molecular weight is 257 g/mol. The van der Waals surface area contributed by atoms with E-state index >= 15 is 0 Å². The van der Waals surface area contributed by atoms with E-state index in [9.17, 15) is 4.57 Å². The molecule has 1 aliphatic heterocycles. The lowest BCUT2D eigenvalue weighted by Crippen LogP contribution is -2.27. The maximum absolute atomic E-state index is 13.3. The first-order valence-electron chi connectivity index (χ1n) is 5.67. The molecule has 3 nitrogen and oxygen atoms in total. The lowest BCUT2D eigenvalue weighted by atomic mass is 10.3. The van der Waals surface area contributed by atoms with Crippen LogP contribution in [0.2, 0.25) is 0 Å². The van der Waals surface area contributed by atoms with E-state index in [4.69, 9.17) is 10.1 Å². The normalized spacial score (nSPS) is 15.2. The molecule has 2 aromatic carbocycles. The highest BCUT2D eigenvalue weighted by Gasteiger charge is 2.38.